The quantitative estimate of drug-likeness (QED) is 0.847. The molecule has 0 aliphatic heterocycles. The molecule has 19 heavy (non-hydrogen) atoms. The maximum atomic E-state index is 12.2. The van der Waals surface area contributed by atoms with E-state index in [0.29, 0.717) is 5.75 Å². The maximum Gasteiger partial charge on any atom is 0.422 e. The zero-order valence-corrected chi connectivity index (χ0v) is 11.5. The van der Waals surface area contributed by atoms with Crippen LogP contribution in [0.5, 0.6) is 5.75 Å². The van der Waals surface area contributed by atoms with Crippen LogP contribution in [-0.4, -0.2) is 19.3 Å². The molecule has 1 unspecified atom stereocenters. The van der Waals surface area contributed by atoms with Gasteiger partial charge in [-0.15, -0.1) is 0 Å². The first-order chi connectivity index (χ1) is 8.83. The second-order valence-corrected chi connectivity index (χ2v) is 4.62. The molecule has 2 nitrogen and oxygen atoms in total. The van der Waals surface area contributed by atoms with Gasteiger partial charge in [-0.25, -0.2) is 0 Å². The Labute approximate surface area is 112 Å². The van der Waals surface area contributed by atoms with Crippen molar-refractivity contribution in [2.75, 3.05) is 13.2 Å². The number of hydrogen-bond donors (Lipinski definition) is 1. The van der Waals surface area contributed by atoms with Gasteiger partial charge in [-0.1, -0.05) is 19.1 Å². The van der Waals surface area contributed by atoms with Crippen LogP contribution in [0.25, 0.3) is 0 Å². The fraction of sp³-hybridized carbons (Fsp3) is 0.571. The number of hydrogen-bond acceptors (Lipinski definition) is 2. The molecule has 0 saturated heterocycles. The molecule has 0 heterocycles. The summed E-state index contributed by atoms with van der Waals surface area (Å²) in [5.74, 6) is 0.299. The Balaban J connectivity index is 2.85. The van der Waals surface area contributed by atoms with E-state index in [9.17, 15) is 13.2 Å². The van der Waals surface area contributed by atoms with Gasteiger partial charge in [0, 0.05) is 11.6 Å². The zero-order chi connectivity index (χ0) is 14.5. The van der Waals surface area contributed by atoms with Crippen LogP contribution >= 0.6 is 0 Å². The fourth-order valence-corrected chi connectivity index (χ4v) is 1.75. The lowest BCUT2D eigenvalue weighted by atomic mass is 10.0. The Morgan fingerprint density at radius 2 is 2.00 bits per heavy atom. The van der Waals surface area contributed by atoms with Crippen LogP contribution in [0.4, 0.5) is 13.2 Å². The van der Waals surface area contributed by atoms with E-state index in [1.807, 2.05) is 32.9 Å². The standard InChI is InChI=1S/C14H20F3NO/c1-4-7-18-11(3)12-6-5-10(2)8-13(12)19-9-14(15,16)17/h5-6,8,11,18H,4,7,9H2,1-3H3. The van der Waals surface area contributed by atoms with E-state index in [1.54, 1.807) is 6.07 Å². The van der Waals surface area contributed by atoms with Gasteiger partial charge < -0.3 is 10.1 Å². The van der Waals surface area contributed by atoms with E-state index < -0.39 is 12.8 Å². The summed E-state index contributed by atoms with van der Waals surface area (Å²) in [5, 5.41) is 3.24. The molecule has 1 atom stereocenters. The van der Waals surface area contributed by atoms with Crippen molar-refractivity contribution in [1.29, 1.82) is 0 Å². The number of aryl methyl sites for hydroxylation is 1. The van der Waals surface area contributed by atoms with Gasteiger partial charge in [-0.3, -0.25) is 0 Å². The summed E-state index contributed by atoms with van der Waals surface area (Å²) >= 11 is 0. The lowest BCUT2D eigenvalue weighted by Crippen LogP contribution is -2.23. The molecular formula is C14H20F3NO. The Hall–Kier alpha value is -1.23. The van der Waals surface area contributed by atoms with Crippen molar-refractivity contribution in [3.05, 3.63) is 29.3 Å². The Morgan fingerprint density at radius 1 is 1.32 bits per heavy atom. The fourth-order valence-electron chi connectivity index (χ4n) is 1.75. The van der Waals surface area contributed by atoms with E-state index in [-0.39, 0.29) is 6.04 Å². The lowest BCUT2D eigenvalue weighted by Gasteiger charge is -2.19. The predicted molar refractivity (Wildman–Crippen MR) is 69.4 cm³/mol. The lowest BCUT2D eigenvalue weighted by molar-refractivity contribution is -0.153. The molecule has 0 spiro atoms. The average molecular weight is 275 g/mol. The second kappa shape index (κ2) is 6.80. The monoisotopic (exact) mass is 275 g/mol. The van der Waals surface area contributed by atoms with Gasteiger partial charge >= 0.3 is 6.18 Å². The predicted octanol–water partition coefficient (Wildman–Crippen LogP) is 4.00. The van der Waals surface area contributed by atoms with E-state index in [4.69, 9.17) is 4.74 Å². The summed E-state index contributed by atoms with van der Waals surface area (Å²) in [6.45, 7) is 5.34. The van der Waals surface area contributed by atoms with Gasteiger partial charge in [0.25, 0.3) is 0 Å². The minimum atomic E-state index is -4.32. The normalized spacial score (nSPS) is 13.4. The zero-order valence-electron chi connectivity index (χ0n) is 11.5. The van der Waals surface area contributed by atoms with Gasteiger partial charge in [-0.05, 0) is 38.4 Å². The van der Waals surface area contributed by atoms with E-state index >= 15 is 0 Å². The molecule has 1 N–H and O–H groups in total. The van der Waals surface area contributed by atoms with Gasteiger partial charge in [0.1, 0.15) is 5.75 Å². The van der Waals surface area contributed by atoms with E-state index in [1.165, 1.54) is 0 Å². The summed E-state index contributed by atoms with van der Waals surface area (Å²) in [6, 6.07) is 5.29. The van der Waals surface area contributed by atoms with Crippen LogP contribution in [-0.2, 0) is 0 Å². The van der Waals surface area contributed by atoms with Gasteiger partial charge in [0.15, 0.2) is 6.61 Å². The van der Waals surface area contributed by atoms with Crippen molar-refractivity contribution in [2.45, 2.75) is 39.4 Å². The number of ether oxygens (including phenoxy) is 1. The van der Waals surface area contributed by atoms with Crippen LogP contribution in [0, 0.1) is 6.92 Å². The first-order valence-corrected chi connectivity index (χ1v) is 6.37. The third-order valence-electron chi connectivity index (χ3n) is 2.73. The maximum absolute atomic E-state index is 12.2. The van der Waals surface area contributed by atoms with Crippen molar-refractivity contribution in [1.82, 2.24) is 5.32 Å². The molecule has 0 amide bonds. The molecule has 0 bridgehead atoms. The van der Waals surface area contributed by atoms with E-state index in [2.05, 4.69) is 5.32 Å². The molecule has 0 aromatic heterocycles. The third-order valence-corrected chi connectivity index (χ3v) is 2.73. The smallest absolute Gasteiger partial charge is 0.422 e. The highest BCUT2D eigenvalue weighted by Crippen LogP contribution is 2.28. The second-order valence-electron chi connectivity index (χ2n) is 4.62. The third kappa shape index (κ3) is 5.51. The average Bonchev–Trinajstić information content (AvgIpc) is 2.32. The molecule has 0 radical (unpaired) electrons. The minimum Gasteiger partial charge on any atom is -0.484 e. The molecule has 108 valence electrons. The molecule has 0 saturated carbocycles. The largest absolute Gasteiger partial charge is 0.484 e. The minimum absolute atomic E-state index is 0.0382. The highest BCUT2D eigenvalue weighted by Gasteiger charge is 2.29. The number of benzene rings is 1. The van der Waals surface area contributed by atoms with Gasteiger partial charge in [-0.2, -0.15) is 13.2 Å². The summed E-state index contributed by atoms with van der Waals surface area (Å²) in [7, 11) is 0. The summed E-state index contributed by atoms with van der Waals surface area (Å²) in [5.41, 5.74) is 1.63. The summed E-state index contributed by atoms with van der Waals surface area (Å²) < 4.78 is 41.6. The molecule has 0 aliphatic carbocycles. The highest BCUT2D eigenvalue weighted by molar-refractivity contribution is 5.39. The van der Waals surface area contributed by atoms with Gasteiger partial charge in [0.05, 0.1) is 0 Å². The van der Waals surface area contributed by atoms with Gasteiger partial charge in [0.2, 0.25) is 0 Å². The van der Waals surface area contributed by atoms with Crippen molar-refractivity contribution >= 4 is 0 Å². The molecule has 0 aliphatic rings. The molecule has 1 aromatic rings. The van der Waals surface area contributed by atoms with Crippen LogP contribution in [0.2, 0.25) is 0 Å². The SMILES string of the molecule is CCCNC(C)c1ccc(C)cc1OCC(F)(F)F. The molecular weight excluding hydrogens is 255 g/mol. The number of alkyl halides is 3. The van der Waals surface area contributed by atoms with E-state index in [0.717, 1.165) is 24.1 Å². The summed E-state index contributed by atoms with van der Waals surface area (Å²) in [6.07, 6.45) is -3.35. The molecule has 1 aromatic carbocycles. The van der Waals surface area contributed by atoms with Crippen LogP contribution in [0.1, 0.15) is 37.4 Å². The number of rotatable bonds is 6. The first-order valence-electron chi connectivity index (χ1n) is 6.37. The Kier molecular flexibility index (Phi) is 5.66. The highest BCUT2D eigenvalue weighted by atomic mass is 19.4. The van der Waals surface area contributed by atoms with Crippen LogP contribution in [0.3, 0.4) is 0 Å². The van der Waals surface area contributed by atoms with Crippen molar-refractivity contribution in [2.24, 2.45) is 0 Å². The first kappa shape index (κ1) is 15.8. The van der Waals surface area contributed by atoms with Crippen molar-refractivity contribution in [3.8, 4) is 5.75 Å². The molecule has 5 heteroatoms. The Bertz CT molecular complexity index is 404. The topological polar surface area (TPSA) is 21.3 Å². The van der Waals surface area contributed by atoms with Crippen LogP contribution < -0.4 is 10.1 Å². The van der Waals surface area contributed by atoms with Crippen LogP contribution in [0.15, 0.2) is 18.2 Å². The van der Waals surface area contributed by atoms with Crippen molar-refractivity contribution in [3.63, 3.8) is 0 Å². The molecule has 1 rings (SSSR count). The number of nitrogens with one attached hydrogen (secondary N) is 1. The number of halogens is 3. The summed E-state index contributed by atoms with van der Waals surface area (Å²) in [4.78, 5) is 0. The molecule has 0 fully saturated rings. The van der Waals surface area contributed by atoms with Crippen molar-refractivity contribution < 1.29 is 17.9 Å². The Morgan fingerprint density at radius 3 is 2.58 bits per heavy atom.